The summed E-state index contributed by atoms with van der Waals surface area (Å²) in [5, 5.41) is 0.756. The number of hydrogen-bond acceptors (Lipinski definition) is 0. The molecule has 0 spiro atoms. The quantitative estimate of drug-likeness (QED) is 0.623. The Morgan fingerprint density at radius 1 is 0.895 bits per heavy atom. The number of rotatable bonds is 2. The van der Waals surface area contributed by atoms with Crippen LogP contribution in [0.3, 0.4) is 0 Å². The average molecular weight is 269 g/mol. The molecule has 0 saturated carbocycles. The van der Waals surface area contributed by atoms with E-state index < -0.39 is 0 Å². The van der Waals surface area contributed by atoms with Crippen LogP contribution in [0.4, 0.5) is 0 Å². The molecule has 0 amide bonds. The molecule has 0 heterocycles. The lowest BCUT2D eigenvalue weighted by molar-refractivity contribution is 1.30. The van der Waals surface area contributed by atoms with E-state index in [1.54, 1.807) is 0 Å². The second-order valence-electron chi connectivity index (χ2n) is 4.82. The maximum atomic E-state index is 5.86. The number of hydrogen-bond donors (Lipinski definition) is 0. The average Bonchev–Trinajstić information content (AvgIpc) is 2.34. The molecule has 0 saturated heterocycles. The molecule has 0 aliphatic carbocycles. The summed E-state index contributed by atoms with van der Waals surface area (Å²) < 4.78 is 0. The van der Waals surface area contributed by atoms with E-state index in [0.717, 1.165) is 10.6 Å². The Morgan fingerprint density at radius 3 is 2.05 bits per heavy atom. The van der Waals surface area contributed by atoms with Gasteiger partial charge in [-0.15, -0.1) is 5.73 Å². The first kappa shape index (κ1) is 13.7. The van der Waals surface area contributed by atoms with Crippen LogP contribution in [0.5, 0.6) is 0 Å². The maximum absolute atomic E-state index is 5.86. The van der Waals surface area contributed by atoms with Crippen LogP contribution in [0.25, 0.3) is 12.2 Å². The van der Waals surface area contributed by atoms with Crippen LogP contribution in [0.15, 0.2) is 42.1 Å². The monoisotopic (exact) mass is 268 g/mol. The number of benzene rings is 2. The van der Waals surface area contributed by atoms with Crippen molar-refractivity contribution in [3.63, 3.8) is 0 Å². The summed E-state index contributed by atoms with van der Waals surface area (Å²) >= 11 is 5.86. The van der Waals surface area contributed by atoms with Gasteiger partial charge in [0.1, 0.15) is 0 Å². The summed E-state index contributed by atoms with van der Waals surface area (Å²) in [4.78, 5) is 0. The molecule has 0 aliphatic rings. The molecular weight excluding hydrogens is 252 g/mol. The van der Waals surface area contributed by atoms with E-state index in [0.29, 0.717) is 0 Å². The van der Waals surface area contributed by atoms with E-state index in [4.69, 9.17) is 11.6 Å². The van der Waals surface area contributed by atoms with Crippen molar-refractivity contribution in [2.45, 2.75) is 20.8 Å². The molecule has 0 unspecified atom stereocenters. The fourth-order valence-electron chi connectivity index (χ4n) is 2.20. The fraction of sp³-hybridized carbons (Fsp3) is 0.167. The van der Waals surface area contributed by atoms with Crippen LogP contribution in [0.1, 0.15) is 27.8 Å². The highest BCUT2D eigenvalue weighted by Crippen LogP contribution is 2.17. The van der Waals surface area contributed by atoms with E-state index in [-0.39, 0.29) is 0 Å². The van der Waals surface area contributed by atoms with E-state index >= 15 is 0 Å². The lowest BCUT2D eigenvalue weighted by Gasteiger charge is -2.05. The SMILES string of the molecule is Cc1cc(C)c(C=C=Cc2ccc(Cl)cc2)c(C)c1. The van der Waals surface area contributed by atoms with Gasteiger partial charge >= 0.3 is 0 Å². The summed E-state index contributed by atoms with van der Waals surface area (Å²) in [5.41, 5.74) is 9.46. The van der Waals surface area contributed by atoms with Crippen molar-refractivity contribution in [2.75, 3.05) is 0 Å². The van der Waals surface area contributed by atoms with Gasteiger partial charge in [-0.25, -0.2) is 0 Å². The molecular formula is C18H17Cl. The third kappa shape index (κ3) is 3.61. The molecule has 2 rings (SSSR count). The molecule has 0 aliphatic heterocycles. The van der Waals surface area contributed by atoms with Crippen LogP contribution in [-0.4, -0.2) is 0 Å². The van der Waals surface area contributed by atoms with Crippen molar-refractivity contribution >= 4 is 23.8 Å². The van der Waals surface area contributed by atoms with Gasteiger partial charge in [0, 0.05) is 5.02 Å². The van der Waals surface area contributed by atoms with Crippen molar-refractivity contribution < 1.29 is 0 Å². The molecule has 0 fully saturated rings. The Morgan fingerprint density at radius 2 is 1.47 bits per heavy atom. The minimum atomic E-state index is 0.756. The highest BCUT2D eigenvalue weighted by Gasteiger charge is 1.99. The second kappa shape index (κ2) is 5.93. The van der Waals surface area contributed by atoms with Gasteiger partial charge in [0.15, 0.2) is 0 Å². The normalized spacial score (nSPS) is 9.89. The first-order valence-corrected chi connectivity index (χ1v) is 6.70. The van der Waals surface area contributed by atoms with Gasteiger partial charge < -0.3 is 0 Å². The van der Waals surface area contributed by atoms with Gasteiger partial charge in [0.05, 0.1) is 0 Å². The van der Waals surface area contributed by atoms with E-state index in [1.165, 1.54) is 22.3 Å². The molecule has 1 heteroatoms. The Kier molecular flexibility index (Phi) is 4.27. The minimum absolute atomic E-state index is 0.756. The number of halogens is 1. The summed E-state index contributed by atoms with van der Waals surface area (Å²) in [7, 11) is 0. The molecule has 19 heavy (non-hydrogen) atoms. The van der Waals surface area contributed by atoms with Crippen molar-refractivity contribution in [1.29, 1.82) is 0 Å². The molecule has 0 N–H and O–H groups in total. The van der Waals surface area contributed by atoms with E-state index in [2.05, 4.69) is 38.6 Å². The molecule has 0 aromatic heterocycles. The summed E-state index contributed by atoms with van der Waals surface area (Å²) in [6.07, 6.45) is 4.01. The molecule has 0 atom stereocenters. The van der Waals surface area contributed by atoms with Gasteiger partial charge in [0.2, 0.25) is 0 Å². The van der Waals surface area contributed by atoms with Gasteiger partial charge in [-0.05, 0) is 67.3 Å². The molecule has 96 valence electrons. The highest BCUT2D eigenvalue weighted by molar-refractivity contribution is 6.30. The highest BCUT2D eigenvalue weighted by atomic mass is 35.5. The van der Waals surface area contributed by atoms with Crippen molar-refractivity contribution in [3.05, 3.63) is 75.0 Å². The first-order chi connectivity index (χ1) is 9.06. The first-order valence-electron chi connectivity index (χ1n) is 6.32. The summed E-state index contributed by atoms with van der Waals surface area (Å²) in [6.45, 7) is 6.39. The third-order valence-electron chi connectivity index (χ3n) is 3.09. The summed E-state index contributed by atoms with van der Waals surface area (Å²) in [5.74, 6) is 0. The zero-order valence-corrected chi connectivity index (χ0v) is 12.3. The molecule has 2 aromatic carbocycles. The topological polar surface area (TPSA) is 0 Å². The van der Waals surface area contributed by atoms with E-state index in [1.807, 2.05) is 36.4 Å². The Bertz CT molecular complexity index is 619. The molecule has 0 nitrogen and oxygen atoms in total. The van der Waals surface area contributed by atoms with E-state index in [9.17, 15) is 0 Å². The zero-order valence-electron chi connectivity index (χ0n) is 11.5. The van der Waals surface area contributed by atoms with Crippen LogP contribution in [0.2, 0.25) is 5.02 Å². The summed E-state index contributed by atoms with van der Waals surface area (Å²) in [6, 6.07) is 12.1. The minimum Gasteiger partial charge on any atom is -0.120 e. The van der Waals surface area contributed by atoms with Crippen LogP contribution >= 0.6 is 11.6 Å². The van der Waals surface area contributed by atoms with Crippen LogP contribution < -0.4 is 0 Å². The predicted octanol–water partition coefficient (Wildman–Crippen LogP) is 5.59. The third-order valence-corrected chi connectivity index (χ3v) is 3.34. The Labute approximate surface area is 120 Å². The van der Waals surface area contributed by atoms with Crippen molar-refractivity contribution in [3.8, 4) is 0 Å². The Hall–Kier alpha value is -1.75. The zero-order chi connectivity index (χ0) is 13.8. The lowest BCUT2D eigenvalue weighted by atomic mass is 10.00. The molecule has 0 radical (unpaired) electrons. The van der Waals surface area contributed by atoms with Crippen molar-refractivity contribution in [2.24, 2.45) is 0 Å². The second-order valence-corrected chi connectivity index (χ2v) is 5.26. The number of aryl methyl sites for hydroxylation is 3. The molecule has 2 aromatic rings. The smallest absolute Gasteiger partial charge is 0.0406 e. The van der Waals surface area contributed by atoms with Crippen LogP contribution in [0, 0.1) is 20.8 Å². The fourth-order valence-corrected chi connectivity index (χ4v) is 2.33. The van der Waals surface area contributed by atoms with Gasteiger partial charge in [0.25, 0.3) is 0 Å². The van der Waals surface area contributed by atoms with Gasteiger partial charge in [-0.3, -0.25) is 0 Å². The predicted molar refractivity (Wildman–Crippen MR) is 84.5 cm³/mol. The maximum Gasteiger partial charge on any atom is 0.0406 e. The Balaban J connectivity index is 2.30. The van der Waals surface area contributed by atoms with Crippen LogP contribution in [-0.2, 0) is 0 Å². The standard InChI is InChI=1S/C18H17Cl/c1-13-11-14(2)18(15(3)12-13)6-4-5-16-7-9-17(19)10-8-16/h5-12H,1-3H3. The lowest BCUT2D eigenvalue weighted by Crippen LogP contribution is -1.87. The van der Waals surface area contributed by atoms with Gasteiger partial charge in [-0.1, -0.05) is 41.4 Å². The molecule has 0 bridgehead atoms. The van der Waals surface area contributed by atoms with Crippen molar-refractivity contribution in [1.82, 2.24) is 0 Å². The van der Waals surface area contributed by atoms with Gasteiger partial charge in [-0.2, -0.15) is 0 Å². The largest absolute Gasteiger partial charge is 0.120 e.